The highest BCUT2D eigenvalue weighted by Crippen LogP contribution is 2.35. The number of fused-ring (bicyclic) bond motifs is 1. The van der Waals surface area contributed by atoms with Crippen molar-refractivity contribution >= 4 is 33.3 Å². The Labute approximate surface area is 159 Å². The van der Waals surface area contributed by atoms with Crippen LogP contribution in [0, 0.1) is 13.8 Å². The van der Waals surface area contributed by atoms with Crippen molar-refractivity contribution in [3.8, 4) is 0 Å². The van der Waals surface area contributed by atoms with Crippen LogP contribution in [0.3, 0.4) is 0 Å². The highest BCUT2D eigenvalue weighted by Gasteiger charge is 2.41. The standard InChI is InChI=1S/C19H16BrN5O/c1-11-3-5-14(9-12(11)2)24-18-16-17(22-8-7-21-16)19(26)25(18)15-6-4-13(20)10-23-15/h3-10,18,24H,1-2H3. The molecule has 0 radical (unpaired) electrons. The van der Waals surface area contributed by atoms with Gasteiger partial charge in [0, 0.05) is 28.8 Å². The summed E-state index contributed by atoms with van der Waals surface area (Å²) in [5, 5.41) is 3.41. The average molecular weight is 410 g/mol. The summed E-state index contributed by atoms with van der Waals surface area (Å²) in [6.07, 6.45) is 4.32. The summed E-state index contributed by atoms with van der Waals surface area (Å²) in [5.41, 5.74) is 4.24. The smallest absolute Gasteiger partial charge is 0.282 e. The Balaban J connectivity index is 1.77. The number of aromatic nitrogens is 3. The molecule has 7 heteroatoms. The summed E-state index contributed by atoms with van der Waals surface area (Å²) in [6.45, 7) is 4.12. The van der Waals surface area contributed by atoms with Crippen molar-refractivity contribution in [3.63, 3.8) is 0 Å². The van der Waals surface area contributed by atoms with E-state index in [4.69, 9.17) is 0 Å². The van der Waals surface area contributed by atoms with Crippen LogP contribution in [0.1, 0.15) is 33.5 Å². The van der Waals surface area contributed by atoms with Crippen molar-refractivity contribution in [2.75, 3.05) is 10.2 Å². The van der Waals surface area contributed by atoms with Gasteiger partial charge in [-0.05, 0) is 65.2 Å². The number of halogens is 1. The molecule has 1 aromatic carbocycles. The van der Waals surface area contributed by atoms with Gasteiger partial charge < -0.3 is 5.32 Å². The van der Waals surface area contributed by atoms with E-state index in [2.05, 4.69) is 56.1 Å². The van der Waals surface area contributed by atoms with Gasteiger partial charge in [0.25, 0.3) is 5.91 Å². The molecule has 1 amide bonds. The van der Waals surface area contributed by atoms with Crippen LogP contribution in [0.5, 0.6) is 0 Å². The van der Waals surface area contributed by atoms with Crippen LogP contribution in [-0.4, -0.2) is 20.9 Å². The van der Waals surface area contributed by atoms with Crippen LogP contribution >= 0.6 is 15.9 Å². The maximum atomic E-state index is 12.9. The quantitative estimate of drug-likeness (QED) is 0.706. The summed E-state index contributed by atoms with van der Waals surface area (Å²) in [6, 6.07) is 9.75. The molecule has 2 aromatic heterocycles. The number of benzene rings is 1. The summed E-state index contributed by atoms with van der Waals surface area (Å²) in [7, 11) is 0. The number of rotatable bonds is 3. The molecule has 0 saturated heterocycles. The van der Waals surface area contributed by atoms with Crippen LogP contribution in [-0.2, 0) is 0 Å². The number of carbonyl (C=O) groups excluding carboxylic acids is 1. The van der Waals surface area contributed by atoms with Crippen molar-refractivity contribution in [2.24, 2.45) is 0 Å². The maximum absolute atomic E-state index is 12.9. The third-order valence-electron chi connectivity index (χ3n) is 4.43. The SMILES string of the molecule is Cc1ccc(NC2c3nccnc3C(=O)N2c2ccc(Br)cn2)cc1C. The third-order valence-corrected chi connectivity index (χ3v) is 4.90. The molecule has 1 unspecified atom stereocenters. The number of pyridine rings is 1. The monoisotopic (exact) mass is 409 g/mol. The Morgan fingerprint density at radius 2 is 1.85 bits per heavy atom. The Bertz CT molecular complexity index is 989. The molecule has 3 aromatic rings. The number of hydrogen-bond donors (Lipinski definition) is 1. The topological polar surface area (TPSA) is 71.0 Å². The molecule has 6 nitrogen and oxygen atoms in total. The number of amides is 1. The van der Waals surface area contributed by atoms with E-state index in [0.29, 0.717) is 17.2 Å². The van der Waals surface area contributed by atoms with Crippen LogP contribution in [0.25, 0.3) is 0 Å². The van der Waals surface area contributed by atoms with Crippen molar-refractivity contribution < 1.29 is 4.79 Å². The Morgan fingerprint density at radius 1 is 1.04 bits per heavy atom. The molecule has 0 fully saturated rings. The molecule has 0 spiro atoms. The molecule has 3 heterocycles. The number of anilines is 2. The largest absolute Gasteiger partial charge is 0.360 e. The lowest BCUT2D eigenvalue weighted by Crippen LogP contribution is -2.33. The van der Waals surface area contributed by atoms with Gasteiger partial charge in [0.05, 0.1) is 0 Å². The van der Waals surface area contributed by atoms with E-state index in [1.807, 2.05) is 18.2 Å². The van der Waals surface area contributed by atoms with E-state index in [1.54, 1.807) is 23.4 Å². The fraction of sp³-hybridized carbons (Fsp3) is 0.158. The van der Waals surface area contributed by atoms with Gasteiger partial charge in [-0.1, -0.05) is 6.07 Å². The molecule has 1 N–H and O–H groups in total. The first-order valence-electron chi connectivity index (χ1n) is 8.14. The molecule has 1 atom stereocenters. The minimum Gasteiger partial charge on any atom is -0.360 e. The molecule has 4 rings (SSSR count). The maximum Gasteiger partial charge on any atom is 0.282 e. The van der Waals surface area contributed by atoms with Gasteiger partial charge in [-0.15, -0.1) is 0 Å². The predicted molar refractivity (Wildman–Crippen MR) is 103 cm³/mol. The van der Waals surface area contributed by atoms with E-state index < -0.39 is 6.17 Å². The number of nitrogens with zero attached hydrogens (tertiary/aromatic N) is 4. The normalized spacial score (nSPS) is 15.9. The van der Waals surface area contributed by atoms with Gasteiger partial charge in [-0.25, -0.2) is 9.97 Å². The van der Waals surface area contributed by atoms with Gasteiger partial charge in [0.1, 0.15) is 11.5 Å². The predicted octanol–water partition coefficient (Wildman–Crippen LogP) is 4.02. The second-order valence-electron chi connectivity index (χ2n) is 6.15. The first-order valence-corrected chi connectivity index (χ1v) is 8.94. The first kappa shape index (κ1) is 16.7. The molecular weight excluding hydrogens is 394 g/mol. The molecule has 0 bridgehead atoms. The average Bonchev–Trinajstić information content (AvgIpc) is 2.92. The molecule has 0 aliphatic carbocycles. The molecule has 130 valence electrons. The number of nitrogens with one attached hydrogen (secondary N) is 1. The summed E-state index contributed by atoms with van der Waals surface area (Å²) in [4.78, 5) is 27.5. The lowest BCUT2D eigenvalue weighted by molar-refractivity contribution is 0.0988. The van der Waals surface area contributed by atoms with Gasteiger partial charge in [-0.2, -0.15) is 0 Å². The van der Waals surface area contributed by atoms with Gasteiger partial charge in [-0.3, -0.25) is 14.7 Å². The molecule has 1 aliphatic rings. The van der Waals surface area contributed by atoms with E-state index >= 15 is 0 Å². The first-order chi connectivity index (χ1) is 12.5. The lowest BCUT2D eigenvalue weighted by Gasteiger charge is -2.25. The van der Waals surface area contributed by atoms with Gasteiger partial charge in [0.15, 0.2) is 11.9 Å². The summed E-state index contributed by atoms with van der Waals surface area (Å²) < 4.78 is 0.848. The molecule has 0 saturated carbocycles. The van der Waals surface area contributed by atoms with E-state index in [0.717, 1.165) is 10.2 Å². The number of carbonyl (C=O) groups is 1. The van der Waals surface area contributed by atoms with Crippen molar-refractivity contribution in [1.82, 2.24) is 15.0 Å². The summed E-state index contributed by atoms with van der Waals surface area (Å²) >= 11 is 3.37. The molecular formula is C19H16BrN5O. The Hall–Kier alpha value is -2.80. The zero-order valence-corrected chi connectivity index (χ0v) is 15.9. The summed E-state index contributed by atoms with van der Waals surface area (Å²) in [5.74, 6) is 0.323. The minimum absolute atomic E-state index is 0.218. The van der Waals surface area contributed by atoms with Crippen molar-refractivity contribution in [2.45, 2.75) is 20.0 Å². The number of aryl methyl sites for hydroxylation is 2. The second-order valence-corrected chi connectivity index (χ2v) is 7.06. The van der Waals surface area contributed by atoms with Gasteiger partial charge in [0.2, 0.25) is 0 Å². The zero-order chi connectivity index (χ0) is 18.3. The van der Waals surface area contributed by atoms with Crippen LogP contribution in [0.2, 0.25) is 0 Å². The van der Waals surface area contributed by atoms with Crippen LogP contribution in [0.15, 0.2) is 53.4 Å². The van der Waals surface area contributed by atoms with Crippen LogP contribution in [0.4, 0.5) is 11.5 Å². The molecule has 1 aliphatic heterocycles. The Kier molecular flexibility index (Phi) is 4.16. The van der Waals surface area contributed by atoms with E-state index in [-0.39, 0.29) is 5.91 Å². The second kappa shape index (κ2) is 6.49. The van der Waals surface area contributed by atoms with Gasteiger partial charge >= 0.3 is 0 Å². The Morgan fingerprint density at radius 3 is 2.58 bits per heavy atom. The zero-order valence-electron chi connectivity index (χ0n) is 14.3. The highest BCUT2D eigenvalue weighted by atomic mass is 79.9. The highest BCUT2D eigenvalue weighted by molar-refractivity contribution is 9.10. The third kappa shape index (κ3) is 2.84. The molecule has 26 heavy (non-hydrogen) atoms. The fourth-order valence-electron chi connectivity index (χ4n) is 2.94. The fourth-order valence-corrected chi connectivity index (χ4v) is 3.17. The van der Waals surface area contributed by atoms with E-state index in [9.17, 15) is 4.79 Å². The lowest BCUT2D eigenvalue weighted by atomic mass is 10.1. The number of hydrogen-bond acceptors (Lipinski definition) is 5. The minimum atomic E-state index is -0.470. The van der Waals surface area contributed by atoms with E-state index in [1.165, 1.54) is 17.3 Å². The van der Waals surface area contributed by atoms with Crippen molar-refractivity contribution in [1.29, 1.82) is 0 Å². The van der Waals surface area contributed by atoms with Crippen molar-refractivity contribution in [3.05, 3.63) is 75.9 Å². The van der Waals surface area contributed by atoms with Crippen LogP contribution < -0.4 is 10.2 Å².